The zero-order valence-electron chi connectivity index (χ0n) is 27.7. The molecule has 2 heterocycles. The molecule has 4 aliphatic rings. The van der Waals surface area contributed by atoms with Crippen LogP contribution in [0.2, 0.25) is 0 Å². The third-order valence-electron chi connectivity index (χ3n) is 9.74. The zero-order chi connectivity index (χ0) is 34.6. The highest BCUT2D eigenvalue weighted by molar-refractivity contribution is 5.87. The molecular weight excluding hydrogens is 622 g/mol. The predicted octanol–water partition coefficient (Wildman–Crippen LogP) is 2.95. The first-order valence-corrected chi connectivity index (χ1v) is 16.1. The topological polar surface area (TPSA) is 158 Å². The number of ether oxygens (including phenoxy) is 5. The Morgan fingerprint density at radius 2 is 1.79 bits per heavy atom. The lowest BCUT2D eigenvalue weighted by atomic mass is 9.50. The molecule has 0 aromatic heterocycles. The molecule has 2 aliphatic carbocycles. The van der Waals surface area contributed by atoms with Gasteiger partial charge in [-0.05, 0) is 58.8 Å². The van der Waals surface area contributed by atoms with E-state index in [1.807, 2.05) is 19.2 Å². The Labute approximate surface area is 278 Å². The Bertz CT molecular complexity index is 1660. The maximum atomic E-state index is 14.0. The summed E-state index contributed by atoms with van der Waals surface area (Å²) in [6.07, 6.45) is -1.89. The van der Waals surface area contributed by atoms with Crippen LogP contribution in [-0.4, -0.2) is 82.0 Å². The number of likely N-dealkylation sites (tertiary alicyclic amines) is 1. The number of benzene rings is 2. The summed E-state index contributed by atoms with van der Waals surface area (Å²) in [7, 11) is 1.98. The number of esters is 4. The van der Waals surface area contributed by atoms with Gasteiger partial charge in [-0.1, -0.05) is 42.5 Å². The molecule has 0 amide bonds. The molecule has 0 radical (unpaired) electrons. The molecule has 0 saturated carbocycles. The standard InChI is InChI=1S/C36H41NO11/c1-20(39)44-25(18-27(40)48-34(2,3)4)32(41)47-30(21-9-7-6-8-10-21)33(42)45-24-13-14-36(43)26-17-22-11-12-23(19-38)29-28(22)35(36,31(24)46-29)15-16-37(26)5/h6-13,25-26,30-31,38,43H,14-19H2,1-5H3/t25-,26+,30-,31-,35-,36+/m0/s1. The summed E-state index contributed by atoms with van der Waals surface area (Å²) in [5.41, 5.74) is -0.351. The first kappa shape index (κ1) is 33.6. The highest BCUT2D eigenvalue weighted by atomic mass is 16.6. The molecule has 0 unspecified atom stereocenters. The van der Waals surface area contributed by atoms with Crippen molar-refractivity contribution in [2.24, 2.45) is 0 Å². The number of aliphatic hydroxyl groups is 2. The van der Waals surface area contributed by atoms with Crippen LogP contribution in [0.4, 0.5) is 0 Å². The van der Waals surface area contributed by atoms with Gasteiger partial charge in [-0.15, -0.1) is 0 Å². The Hall–Kier alpha value is -4.26. The van der Waals surface area contributed by atoms with E-state index in [0.717, 1.165) is 18.1 Å². The van der Waals surface area contributed by atoms with Crippen LogP contribution >= 0.6 is 0 Å². The van der Waals surface area contributed by atoms with Gasteiger partial charge in [0.1, 0.15) is 17.1 Å². The van der Waals surface area contributed by atoms with Crippen molar-refractivity contribution in [3.63, 3.8) is 0 Å². The Morgan fingerprint density at radius 3 is 2.46 bits per heavy atom. The largest absolute Gasteiger partial charge is 0.481 e. The van der Waals surface area contributed by atoms with Crippen molar-refractivity contribution in [2.45, 2.75) is 101 Å². The molecule has 2 bridgehead atoms. The predicted molar refractivity (Wildman–Crippen MR) is 168 cm³/mol. The molecule has 1 fully saturated rings. The van der Waals surface area contributed by atoms with Gasteiger partial charge >= 0.3 is 23.9 Å². The number of likely N-dealkylation sites (N-methyl/N-ethyl adjacent to an activating group) is 1. The lowest BCUT2D eigenvalue weighted by Crippen LogP contribution is -2.74. The average molecular weight is 664 g/mol. The van der Waals surface area contributed by atoms with Gasteiger partial charge in [-0.2, -0.15) is 0 Å². The number of nitrogens with zero attached hydrogens (tertiary/aromatic N) is 1. The summed E-state index contributed by atoms with van der Waals surface area (Å²) in [6.45, 7) is 6.44. The van der Waals surface area contributed by atoms with Gasteiger partial charge in [-0.25, -0.2) is 9.59 Å². The van der Waals surface area contributed by atoms with Crippen LogP contribution in [-0.2, 0) is 56.6 Å². The molecule has 2 aromatic carbocycles. The van der Waals surface area contributed by atoms with Crippen LogP contribution in [0.5, 0.6) is 5.75 Å². The Kier molecular flexibility index (Phi) is 8.63. The average Bonchev–Trinajstić information content (AvgIpc) is 3.38. The molecule has 6 rings (SSSR count). The number of piperidine rings is 1. The van der Waals surface area contributed by atoms with Crippen molar-refractivity contribution in [3.8, 4) is 5.75 Å². The molecule has 2 N–H and O–H groups in total. The molecular formula is C36H41NO11. The number of carbonyl (C=O) groups is 4. The number of aliphatic hydroxyl groups excluding tert-OH is 1. The molecule has 256 valence electrons. The molecule has 1 spiro atoms. The van der Waals surface area contributed by atoms with E-state index in [0.29, 0.717) is 30.7 Å². The second-order valence-corrected chi connectivity index (χ2v) is 13.9. The summed E-state index contributed by atoms with van der Waals surface area (Å²) in [5, 5.41) is 22.6. The summed E-state index contributed by atoms with van der Waals surface area (Å²) in [5.74, 6) is -3.08. The minimum Gasteiger partial charge on any atom is -0.481 e. The van der Waals surface area contributed by atoms with Crippen LogP contribution in [0.3, 0.4) is 0 Å². The van der Waals surface area contributed by atoms with E-state index >= 15 is 0 Å². The lowest BCUT2D eigenvalue weighted by molar-refractivity contribution is -0.184. The third kappa shape index (κ3) is 5.65. The fraction of sp³-hybridized carbons (Fsp3) is 0.500. The van der Waals surface area contributed by atoms with Crippen LogP contribution in [0.1, 0.15) is 75.3 Å². The van der Waals surface area contributed by atoms with Crippen LogP contribution in [0.15, 0.2) is 54.3 Å². The maximum absolute atomic E-state index is 14.0. The van der Waals surface area contributed by atoms with Gasteiger partial charge in [0.2, 0.25) is 12.2 Å². The fourth-order valence-corrected chi connectivity index (χ4v) is 7.78. The minimum atomic E-state index is -1.68. The Morgan fingerprint density at radius 1 is 1.06 bits per heavy atom. The quantitative estimate of drug-likeness (QED) is 0.299. The van der Waals surface area contributed by atoms with Gasteiger partial charge in [0.05, 0.1) is 24.0 Å². The van der Waals surface area contributed by atoms with Crippen molar-refractivity contribution in [3.05, 3.63) is 76.6 Å². The maximum Gasteiger partial charge on any atom is 0.357 e. The molecule has 2 aromatic rings. The number of rotatable bonds is 9. The van der Waals surface area contributed by atoms with Crippen molar-refractivity contribution < 1.29 is 53.1 Å². The summed E-state index contributed by atoms with van der Waals surface area (Å²) in [6, 6.07) is 11.8. The molecule has 12 heteroatoms. The van der Waals surface area contributed by atoms with E-state index in [4.69, 9.17) is 23.7 Å². The van der Waals surface area contributed by atoms with Crippen molar-refractivity contribution in [1.29, 1.82) is 0 Å². The summed E-state index contributed by atoms with van der Waals surface area (Å²) >= 11 is 0. The number of hydrogen-bond donors (Lipinski definition) is 2. The van der Waals surface area contributed by atoms with Gasteiger partial charge in [0.15, 0.2) is 6.10 Å². The number of carbonyl (C=O) groups excluding carboxylic acids is 4. The highest BCUT2D eigenvalue weighted by Crippen LogP contribution is 2.64. The molecule has 1 saturated heterocycles. The number of hydrogen-bond acceptors (Lipinski definition) is 12. The highest BCUT2D eigenvalue weighted by Gasteiger charge is 2.72. The van der Waals surface area contributed by atoms with Crippen LogP contribution in [0.25, 0.3) is 0 Å². The van der Waals surface area contributed by atoms with Gasteiger partial charge in [0, 0.05) is 36.1 Å². The lowest BCUT2D eigenvalue weighted by Gasteiger charge is -2.61. The van der Waals surface area contributed by atoms with Gasteiger partial charge in [0.25, 0.3) is 0 Å². The van der Waals surface area contributed by atoms with E-state index in [9.17, 15) is 29.4 Å². The fourth-order valence-electron chi connectivity index (χ4n) is 7.78. The van der Waals surface area contributed by atoms with Crippen molar-refractivity contribution in [2.75, 3.05) is 13.6 Å². The van der Waals surface area contributed by atoms with Crippen LogP contribution < -0.4 is 4.74 Å². The Balaban J connectivity index is 1.31. The minimum absolute atomic E-state index is 0.156. The van der Waals surface area contributed by atoms with Crippen molar-refractivity contribution >= 4 is 23.9 Å². The van der Waals surface area contributed by atoms with Crippen LogP contribution in [0, 0.1) is 0 Å². The monoisotopic (exact) mass is 663 g/mol. The first-order valence-electron chi connectivity index (χ1n) is 16.1. The normalized spacial score (nSPS) is 26.6. The summed E-state index contributed by atoms with van der Waals surface area (Å²) in [4.78, 5) is 54.1. The first-order chi connectivity index (χ1) is 22.7. The van der Waals surface area contributed by atoms with E-state index < -0.39 is 65.2 Å². The van der Waals surface area contributed by atoms with Crippen molar-refractivity contribution in [1.82, 2.24) is 4.90 Å². The van der Waals surface area contributed by atoms with E-state index in [1.165, 1.54) is 0 Å². The molecule has 48 heavy (non-hydrogen) atoms. The third-order valence-corrected chi connectivity index (χ3v) is 9.74. The summed E-state index contributed by atoms with van der Waals surface area (Å²) < 4.78 is 28.7. The molecule has 6 atom stereocenters. The zero-order valence-corrected chi connectivity index (χ0v) is 27.7. The van der Waals surface area contributed by atoms with E-state index in [1.54, 1.807) is 57.2 Å². The van der Waals surface area contributed by atoms with E-state index in [-0.39, 0.29) is 30.4 Å². The smallest absolute Gasteiger partial charge is 0.357 e. The molecule has 12 nitrogen and oxygen atoms in total. The SMILES string of the molecule is CC(=O)O[C@@H](CC(=O)OC(C)(C)C)C(=O)O[C@H](C(=O)OC1=CC[C@@]2(O)[C@H]3Cc4ccc(CO)c5c4[C@@]2(CCN3C)[C@H]1O5)c1ccccc1. The van der Waals surface area contributed by atoms with E-state index in [2.05, 4.69) is 4.90 Å². The van der Waals surface area contributed by atoms with Gasteiger partial charge in [-0.3, -0.25) is 9.59 Å². The van der Waals surface area contributed by atoms with Gasteiger partial charge < -0.3 is 38.8 Å². The molecule has 2 aliphatic heterocycles. The second-order valence-electron chi connectivity index (χ2n) is 13.9. The second kappa shape index (κ2) is 12.3.